The summed E-state index contributed by atoms with van der Waals surface area (Å²) in [6, 6.07) is 17.2. The summed E-state index contributed by atoms with van der Waals surface area (Å²) in [7, 11) is -9.63. The van der Waals surface area contributed by atoms with Gasteiger partial charge in [0.15, 0.2) is 29.3 Å². The summed E-state index contributed by atoms with van der Waals surface area (Å²) in [5.41, 5.74) is 2.32. The molecule has 48 heavy (non-hydrogen) atoms. The highest BCUT2D eigenvalue weighted by Crippen LogP contribution is 2.52. The van der Waals surface area contributed by atoms with Crippen molar-refractivity contribution in [3.63, 3.8) is 0 Å². The molecule has 0 unspecified atom stereocenters. The first-order valence-electron chi connectivity index (χ1n) is 13.8. The summed E-state index contributed by atoms with van der Waals surface area (Å²) < 4.78 is 106. The van der Waals surface area contributed by atoms with Crippen LogP contribution in [0.1, 0.15) is 21.5 Å². The van der Waals surface area contributed by atoms with Gasteiger partial charge in [-0.2, -0.15) is 25.3 Å². The lowest BCUT2D eigenvalue weighted by Gasteiger charge is -2.22. The molecule has 0 aromatic heterocycles. The van der Waals surface area contributed by atoms with E-state index >= 15 is 0 Å². The molecule has 256 valence electrons. The Bertz CT molecular complexity index is 2160. The van der Waals surface area contributed by atoms with Gasteiger partial charge in [-0.1, -0.05) is 42.0 Å². The van der Waals surface area contributed by atoms with E-state index < -0.39 is 30.4 Å². The molecule has 4 aromatic rings. The zero-order valence-electron chi connectivity index (χ0n) is 26.7. The lowest BCUT2D eigenvalue weighted by Crippen LogP contribution is -2.11. The molecule has 0 N–H and O–H groups in total. The van der Waals surface area contributed by atoms with Crippen molar-refractivity contribution < 1.29 is 56.8 Å². The Morgan fingerprint density at radius 3 is 1.75 bits per heavy atom. The molecule has 0 saturated carbocycles. The topological polar surface area (TPSA) is 175 Å². The second-order valence-corrected chi connectivity index (χ2v) is 15.3. The van der Waals surface area contributed by atoms with Crippen molar-refractivity contribution in [1.29, 1.82) is 0 Å². The number of rotatable bonds is 14. The van der Waals surface area contributed by atoms with Gasteiger partial charge in [0, 0.05) is 5.56 Å². The fraction of sp³-hybridized carbons (Fsp3) is 0.219. The molecule has 0 bridgehead atoms. The number of hydrogen-bond donors (Lipinski definition) is 0. The van der Waals surface area contributed by atoms with E-state index in [0.717, 1.165) is 29.9 Å². The monoisotopic (exact) mass is 720 g/mol. The van der Waals surface area contributed by atoms with Gasteiger partial charge >= 0.3 is 30.4 Å². The standard InChI is InChI=1S/C32H32O13S3/c1-20-7-9-21(10-8-20)19-42-30-24(18-33)15-23(16-28(30)44-47(5,36)37)29-27(40-2)17-26(31(41-3)32(29)45-48(6,38)39)22-11-13-25(14-12-22)43-46(4,34)35/h7-18H,19H2,1-6H3. The third-order valence-electron chi connectivity index (χ3n) is 6.52. The highest BCUT2D eigenvalue weighted by Gasteiger charge is 2.28. The molecule has 0 fully saturated rings. The van der Waals surface area contributed by atoms with Crippen molar-refractivity contribution in [2.24, 2.45) is 0 Å². The Labute approximate surface area is 279 Å². The van der Waals surface area contributed by atoms with Crippen LogP contribution in [0, 0.1) is 6.92 Å². The number of aldehydes is 1. The van der Waals surface area contributed by atoms with Gasteiger partial charge in [-0.25, -0.2) is 0 Å². The maximum atomic E-state index is 12.6. The van der Waals surface area contributed by atoms with E-state index in [9.17, 15) is 30.0 Å². The Morgan fingerprint density at radius 2 is 1.23 bits per heavy atom. The summed E-state index contributed by atoms with van der Waals surface area (Å²) in [6.07, 6.45) is 2.95. The minimum Gasteiger partial charge on any atom is -0.496 e. The van der Waals surface area contributed by atoms with Crippen LogP contribution in [-0.4, -0.2) is 64.5 Å². The number of benzene rings is 4. The molecular formula is C32H32O13S3. The van der Waals surface area contributed by atoms with Gasteiger partial charge in [0.05, 0.1) is 44.1 Å². The van der Waals surface area contributed by atoms with Crippen molar-refractivity contribution in [2.75, 3.05) is 33.0 Å². The Hall–Kier alpha value is -4.80. The molecular weight excluding hydrogens is 689 g/mol. The predicted octanol–water partition coefficient (Wildman–Crippen LogP) is 4.75. The second-order valence-electron chi connectivity index (χ2n) is 10.5. The summed E-state index contributed by atoms with van der Waals surface area (Å²) in [5.74, 6) is -0.935. The number of carbonyl (C=O) groups is 1. The predicted molar refractivity (Wildman–Crippen MR) is 178 cm³/mol. The summed E-state index contributed by atoms with van der Waals surface area (Å²) in [5, 5.41) is 0. The van der Waals surface area contributed by atoms with Crippen molar-refractivity contribution >= 4 is 36.6 Å². The molecule has 4 aromatic carbocycles. The molecule has 0 heterocycles. The minimum atomic E-state index is -4.24. The molecule has 0 radical (unpaired) electrons. The van der Waals surface area contributed by atoms with Crippen molar-refractivity contribution in [1.82, 2.24) is 0 Å². The third-order valence-corrected chi connectivity index (χ3v) is 7.96. The molecule has 0 aliphatic heterocycles. The number of aryl methyl sites for hydroxylation is 1. The summed E-state index contributed by atoms with van der Waals surface area (Å²) in [6.45, 7) is 1.87. The van der Waals surface area contributed by atoms with Gasteiger partial charge < -0.3 is 26.8 Å². The van der Waals surface area contributed by atoms with Gasteiger partial charge in [-0.05, 0) is 53.9 Å². The molecule has 0 atom stereocenters. The van der Waals surface area contributed by atoms with Gasteiger partial charge in [-0.3, -0.25) is 4.79 Å². The Balaban J connectivity index is 1.98. The van der Waals surface area contributed by atoms with Crippen LogP contribution in [0.2, 0.25) is 0 Å². The summed E-state index contributed by atoms with van der Waals surface area (Å²) >= 11 is 0. The van der Waals surface area contributed by atoms with Crippen LogP contribution in [0.3, 0.4) is 0 Å². The first-order valence-corrected chi connectivity index (χ1v) is 19.3. The van der Waals surface area contributed by atoms with Crippen molar-refractivity contribution in [2.45, 2.75) is 13.5 Å². The minimum absolute atomic E-state index is 0.0244. The molecule has 13 nitrogen and oxygen atoms in total. The average molecular weight is 721 g/mol. The average Bonchev–Trinajstić information content (AvgIpc) is 2.98. The number of carbonyl (C=O) groups excluding carboxylic acids is 1. The maximum absolute atomic E-state index is 12.6. The number of methoxy groups -OCH3 is 2. The number of hydrogen-bond acceptors (Lipinski definition) is 13. The SMILES string of the molecule is COc1cc(-c2ccc(OS(C)(=O)=O)cc2)c(OC)c(OS(C)(=O)=O)c1-c1cc(C=O)c(OCc2ccc(C)cc2)c(OS(C)(=O)=O)c1. The van der Waals surface area contributed by atoms with Gasteiger partial charge in [-0.15, -0.1) is 0 Å². The Morgan fingerprint density at radius 1 is 0.625 bits per heavy atom. The van der Waals surface area contributed by atoms with E-state index in [1.54, 1.807) is 12.1 Å². The zero-order valence-corrected chi connectivity index (χ0v) is 29.1. The molecule has 0 saturated heterocycles. The van der Waals surface area contributed by atoms with Crippen LogP contribution >= 0.6 is 0 Å². The van der Waals surface area contributed by atoms with E-state index in [1.807, 2.05) is 19.1 Å². The fourth-order valence-corrected chi connectivity index (χ4v) is 6.01. The second kappa shape index (κ2) is 14.1. The smallest absolute Gasteiger partial charge is 0.306 e. The van der Waals surface area contributed by atoms with Gasteiger partial charge in [0.25, 0.3) is 0 Å². The number of ether oxygens (including phenoxy) is 3. The van der Waals surface area contributed by atoms with Crippen LogP contribution < -0.4 is 26.8 Å². The Kier molecular flexibility index (Phi) is 10.6. The maximum Gasteiger partial charge on any atom is 0.306 e. The lowest BCUT2D eigenvalue weighted by molar-refractivity contribution is 0.111. The molecule has 0 spiro atoms. The van der Waals surface area contributed by atoms with E-state index in [-0.39, 0.29) is 63.4 Å². The highest BCUT2D eigenvalue weighted by molar-refractivity contribution is 7.86. The van der Waals surface area contributed by atoms with Crippen LogP contribution in [0.15, 0.2) is 66.7 Å². The third kappa shape index (κ3) is 9.17. The van der Waals surface area contributed by atoms with Crippen LogP contribution in [-0.2, 0) is 37.0 Å². The van der Waals surface area contributed by atoms with Gasteiger partial charge in [0.1, 0.15) is 18.1 Å². The molecule has 0 aliphatic carbocycles. The quantitative estimate of drug-likeness (QED) is 0.129. The molecule has 0 amide bonds. The molecule has 4 rings (SSSR count). The van der Waals surface area contributed by atoms with Crippen LogP contribution in [0.4, 0.5) is 0 Å². The highest BCUT2D eigenvalue weighted by atomic mass is 32.2. The molecule has 0 aliphatic rings. The van der Waals surface area contributed by atoms with E-state index in [1.165, 1.54) is 56.7 Å². The first kappa shape index (κ1) is 36.0. The fourth-order valence-electron chi connectivity index (χ4n) is 4.64. The largest absolute Gasteiger partial charge is 0.496 e. The summed E-state index contributed by atoms with van der Waals surface area (Å²) in [4.78, 5) is 12.4. The molecule has 16 heteroatoms. The first-order chi connectivity index (χ1) is 22.4. The van der Waals surface area contributed by atoms with Crippen molar-refractivity contribution in [3.05, 3.63) is 83.4 Å². The normalized spacial score (nSPS) is 11.8. The van der Waals surface area contributed by atoms with E-state index in [0.29, 0.717) is 11.8 Å². The van der Waals surface area contributed by atoms with Crippen molar-refractivity contribution in [3.8, 4) is 56.8 Å². The lowest BCUT2D eigenvalue weighted by atomic mass is 9.95. The zero-order chi connectivity index (χ0) is 35.4. The van der Waals surface area contributed by atoms with Gasteiger partial charge in [0.2, 0.25) is 0 Å². The van der Waals surface area contributed by atoms with E-state index in [4.69, 9.17) is 26.8 Å². The van der Waals surface area contributed by atoms with Crippen LogP contribution in [0.5, 0.6) is 34.5 Å². The van der Waals surface area contributed by atoms with Crippen LogP contribution in [0.25, 0.3) is 22.3 Å². The van der Waals surface area contributed by atoms with E-state index in [2.05, 4.69) is 0 Å².